The molecule has 1 amide bonds. The van der Waals surface area contributed by atoms with E-state index in [9.17, 15) is 4.79 Å². The molecule has 5 nitrogen and oxygen atoms in total. The van der Waals surface area contributed by atoms with E-state index in [1.165, 1.54) is 0 Å². The minimum absolute atomic E-state index is 0.0196. The van der Waals surface area contributed by atoms with Crippen LogP contribution in [0.1, 0.15) is 12.5 Å². The highest BCUT2D eigenvalue weighted by molar-refractivity contribution is 6.03. The fourth-order valence-corrected chi connectivity index (χ4v) is 3.39. The average molecular weight is 394 g/mol. The van der Waals surface area contributed by atoms with Gasteiger partial charge in [-0.05, 0) is 36.1 Å². The summed E-state index contributed by atoms with van der Waals surface area (Å²) in [7, 11) is 5.32. The maximum atomic E-state index is 12.8. The van der Waals surface area contributed by atoms with Crippen molar-refractivity contribution in [3.05, 3.63) is 66.2 Å². The quantitative estimate of drug-likeness (QED) is 0.619. The van der Waals surface area contributed by atoms with Crippen LogP contribution in [0.5, 0.6) is 11.5 Å². The number of benzene rings is 3. The molecule has 0 aliphatic heterocycles. The molecule has 3 aromatic carbocycles. The minimum atomic E-state index is -0.172. The van der Waals surface area contributed by atoms with Crippen molar-refractivity contribution in [2.45, 2.75) is 19.4 Å². The first-order valence-corrected chi connectivity index (χ1v) is 9.85. The summed E-state index contributed by atoms with van der Waals surface area (Å²) in [6, 6.07) is 19.8. The predicted molar refractivity (Wildman–Crippen MR) is 117 cm³/mol. The maximum absolute atomic E-state index is 12.8. The number of methoxy groups -OCH3 is 2. The van der Waals surface area contributed by atoms with Crippen LogP contribution in [-0.4, -0.2) is 39.8 Å². The molecule has 3 rings (SSSR count). The molecule has 0 aliphatic rings. The lowest BCUT2D eigenvalue weighted by molar-refractivity contribution is -0.893. The molecule has 2 N–H and O–H groups in total. The SMILES string of the molecule is COc1ccc(CC[NH+](C)[C@H](C)C(=O)Nc2cccc3ccccc23)cc1OC. The zero-order valence-corrected chi connectivity index (χ0v) is 17.5. The number of carbonyl (C=O) groups is 1. The molecule has 1 unspecified atom stereocenters. The monoisotopic (exact) mass is 393 g/mol. The zero-order valence-electron chi connectivity index (χ0n) is 17.5. The van der Waals surface area contributed by atoms with E-state index in [2.05, 4.69) is 17.4 Å². The molecule has 0 spiro atoms. The van der Waals surface area contributed by atoms with Crippen LogP contribution in [0.15, 0.2) is 60.7 Å². The summed E-state index contributed by atoms with van der Waals surface area (Å²) < 4.78 is 10.7. The van der Waals surface area contributed by atoms with Gasteiger partial charge in [-0.2, -0.15) is 0 Å². The molecular formula is C24H29N2O3+. The number of likely N-dealkylation sites (N-methyl/N-ethyl adjacent to an activating group) is 1. The van der Waals surface area contributed by atoms with Crippen LogP contribution >= 0.6 is 0 Å². The Labute approximate surface area is 172 Å². The highest BCUT2D eigenvalue weighted by atomic mass is 16.5. The Hall–Kier alpha value is -3.05. The summed E-state index contributed by atoms with van der Waals surface area (Å²) >= 11 is 0. The van der Waals surface area contributed by atoms with E-state index in [4.69, 9.17) is 9.47 Å². The number of ether oxygens (including phenoxy) is 2. The van der Waals surface area contributed by atoms with E-state index < -0.39 is 0 Å². The molecule has 0 saturated heterocycles. The van der Waals surface area contributed by atoms with Gasteiger partial charge in [0.15, 0.2) is 17.5 Å². The summed E-state index contributed by atoms with van der Waals surface area (Å²) in [4.78, 5) is 14.0. The first-order chi connectivity index (χ1) is 14.0. The molecule has 0 bridgehead atoms. The van der Waals surface area contributed by atoms with Crippen LogP contribution in [0, 0.1) is 0 Å². The van der Waals surface area contributed by atoms with E-state index in [1.807, 2.05) is 62.5 Å². The van der Waals surface area contributed by atoms with Crippen LogP contribution in [0.25, 0.3) is 10.8 Å². The van der Waals surface area contributed by atoms with Crippen molar-refractivity contribution < 1.29 is 19.2 Å². The van der Waals surface area contributed by atoms with Gasteiger partial charge in [0.2, 0.25) is 0 Å². The number of hydrogen-bond acceptors (Lipinski definition) is 3. The van der Waals surface area contributed by atoms with E-state index in [0.717, 1.165) is 51.4 Å². The van der Waals surface area contributed by atoms with Gasteiger partial charge in [0, 0.05) is 17.5 Å². The molecule has 29 heavy (non-hydrogen) atoms. The number of quaternary nitrogens is 1. The second-order valence-corrected chi connectivity index (χ2v) is 7.27. The summed E-state index contributed by atoms with van der Waals surface area (Å²) in [6.07, 6.45) is 0.845. The third kappa shape index (κ3) is 4.87. The second kappa shape index (κ2) is 9.43. The molecule has 0 aromatic heterocycles. The first kappa shape index (κ1) is 20.7. The topological polar surface area (TPSA) is 52.0 Å². The van der Waals surface area contributed by atoms with E-state index in [1.54, 1.807) is 14.2 Å². The highest BCUT2D eigenvalue weighted by Crippen LogP contribution is 2.27. The number of amides is 1. The van der Waals surface area contributed by atoms with Gasteiger partial charge in [-0.1, -0.05) is 42.5 Å². The molecule has 0 radical (unpaired) electrons. The van der Waals surface area contributed by atoms with Crippen LogP contribution in [0.4, 0.5) is 5.69 Å². The van der Waals surface area contributed by atoms with Crippen molar-refractivity contribution in [1.82, 2.24) is 0 Å². The minimum Gasteiger partial charge on any atom is -0.493 e. The third-order valence-electron chi connectivity index (χ3n) is 5.44. The Morgan fingerprint density at radius 3 is 2.48 bits per heavy atom. The van der Waals surface area contributed by atoms with Crippen LogP contribution in [-0.2, 0) is 11.2 Å². The molecule has 0 heterocycles. The standard InChI is InChI=1S/C24H28N2O3/c1-17(24(27)25-21-11-7-9-19-8-5-6-10-20(19)21)26(2)15-14-18-12-13-22(28-3)23(16-18)29-4/h5-13,16-17H,14-15H2,1-4H3,(H,25,27)/p+1/t17-/m1/s1. The first-order valence-electron chi connectivity index (χ1n) is 9.85. The van der Waals surface area contributed by atoms with Crippen LogP contribution < -0.4 is 19.7 Å². The number of nitrogens with one attached hydrogen (secondary N) is 2. The molecule has 0 fully saturated rings. The Bertz CT molecular complexity index is 982. The average Bonchev–Trinajstić information content (AvgIpc) is 2.76. The number of fused-ring (bicyclic) bond motifs is 1. The van der Waals surface area contributed by atoms with Gasteiger partial charge in [-0.25, -0.2) is 0 Å². The van der Waals surface area contributed by atoms with Crippen molar-refractivity contribution >= 4 is 22.4 Å². The molecule has 2 atom stereocenters. The van der Waals surface area contributed by atoms with Crippen molar-refractivity contribution in [2.24, 2.45) is 0 Å². The smallest absolute Gasteiger partial charge is 0.282 e. The molecule has 3 aromatic rings. The Kier molecular flexibility index (Phi) is 6.73. The number of rotatable bonds is 8. The number of anilines is 1. The summed E-state index contributed by atoms with van der Waals surface area (Å²) in [5.41, 5.74) is 2.01. The summed E-state index contributed by atoms with van der Waals surface area (Å²) in [5.74, 6) is 1.47. The number of hydrogen-bond donors (Lipinski definition) is 2. The lowest BCUT2D eigenvalue weighted by Gasteiger charge is -2.21. The van der Waals surface area contributed by atoms with Crippen molar-refractivity contribution in [2.75, 3.05) is 33.1 Å². The van der Waals surface area contributed by atoms with Gasteiger partial charge in [0.05, 0.1) is 27.8 Å². The fraction of sp³-hybridized carbons (Fsp3) is 0.292. The largest absolute Gasteiger partial charge is 0.493 e. The zero-order chi connectivity index (χ0) is 20.8. The lowest BCUT2D eigenvalue weighted by Crippen LogP contribution is -3.14. The van der Waals surface area contributed by atoms with Gasteiger partial charge in [-0.3, -0.25) is 4.79 Å². The van der Waals surface area contributed by atoms with Crippen molar-refractivity contribution in [3.63, 3.8) is 0 Å². The van der Waals surface area contributed by atoms with E-state index >= 15 is 0 Å². The van der Waals surface area contributed by atoms with Gasteiger partial charge < -0.3 is 19.7 Å². The van der Waals surface area contributed by atoms with Gasteiger partial charge in [0.1, 0.15) is 0 Å². The van der Waals surface area contributed by atoms with Crippen LogP contribution in [0.3, 0.4) is 0 Å². The van der Waals surface area contributed by atoms with Gasteiger partial charge in [0.25, 0.3) is 5.91 Å². The normalized spacial score (nSPS) is 13.0. The molecule has 152 valence electrons. The van der Waals surface area contributed by atoms with E-state index in [0.29, 0.717) is 0 Å². The summed E-state index contributed by atoms with van der Waals surface area (Å²) in [5, 5.41) is 5.27. The predicted octanol–water partition coefficient (Wildman–Crippen LogP) is 2.94. The Balaban J connectivity index is 1.62. The summed E-state index contributed by atoms with van der Waals surface area (Å²) in [6.45, 7) is 2.80. The van der Waals surface area contributed by atoms with Gasteiger partial charge in [-0.15, -0.1) is 0 Å². The van der Waals surface area contributed by atoms with Crippen molar-refractivity contribution in [3.8, 4) is 11.5 Å². The van der Waals surface area contributed by atoms with Crippen molar-refractivity contribution in [1.29, 1.82) is 0 Å². The van der Waals surface area contributed by atoms with Crippen LogP contribution in [0.2, 0.25) is 0 Å². The number of carbonyl (C=O) groups excluding carboxylic acids is 1. The molecule has 0 aliphatic carbocycles. The molecular weight excluding hydrogens is 364 g/mol. The fourth-order valence-electron chi connectivity index (χ4n) is 3.39. The Morgan fingerprint density at radius 2 is 1.72 bits per heavy atom. The lowest BCUT2D eigenvalue weighted by atomic mass is 10.1. The third-order valence-corrected chi connectivity index (χ3v) is 5.44. The second-order valence-electron chi connectivity index (χ2n) is 7.27. The van der Waals surface area contributed by atoms with Gasteiger partial charge >= 0.3 is 0 Å². The molecule has 0 saturated carbocycles. The molecule has 5 heteroatoms. The Morgan fingerprint density at radius 1 is 1.00 bits per heavy atom. The van der Waals surface area contributed by atoms with E-state index in [-0.39, 0.29) is 11.9 Å². The highest BCUT2D eigenvalue weighted by Gasteiger charge is 2.22. The maximum Gasteiger partial charge on any atom is 0.282 e.